The van der Waals surface area contributed by atoms with Crippen molar-refractivity contribution in [2.45, 2.75) is 33.9 Å². The fourth-order valence-corrected chi connectivity index (χ4v) is 3.14. The average molecular weight is 407 g/mol. The standard InChI is InChI=1S/C22H25N5O3/c1-5-26-13-17(12-23-26)10-11-20(28)24-21-15(2)25-27(16(21)3)14-18-8-6-7-9-19(18)22(29)30-4/h6-13H,5,14H2,1-4H3,(H,24,28)/b11-10+. The minimum Gasteiger partial charge on any atom is -0.465 e. The van der Waals surface area contributed by atoms with E-state index in [2.05, 4.69) is 15.5 Å². The molecule has 0 aliphatic rings. The fourth-order valence-electron chi connectivity index (χ4n) is 3.14. The lowest BCUT2D eigenvalue weighted by Gasteiger charge is -2.10. The Balaban J connectivity index is 1.76. The molecule has 0 aliphatic carbocycles. The van der Waals surface area contributed by atoms with E-state index in [1.165, 1.54) is 13.2 Å². The molecule has 8 heteroatoms. The van der Waals surface area contributed by atoms with Gasteiger partial charge in [0.05, 0.1) is 42.5 Å². The fraction of sp³-hybridized carbons (Fsp3) is 0.273. The maximum atomic E-state index is 12.4. The van der Waals surface area contributed by atoms with Crippen molar-refractivity contribution in [2.24, 2.45) is 0 Å². The molecule has 0 bridgehead atoms. The highest BCUT2D eigenvalue weighted by atomic mass is 16.5. The summed E-state index contributed by atoms with van der Waals surface area (Å²) in [6.07, 6.45) is 6.77. The van der Waals surface area contributed by atoms with Crippen molar-refractivity contribution < 1.29 is 14.3 Å². The van der Waals surface area contributed by atoms with E-state index in [0.717, 1.165) is 23.4 Å². The number of benzene rings is 1. The Morgan fingerprint density at radius 1 is 1.23 bits per heavy atom. The minimum atomic E-state index is -0.391. The largest absolute Gasteiger partial charge is 0.465 e. The smallest absolute Gasteiger partial charge is 0.338 e. The zero-order valence-electron chi connectivity index (χ0n) is 17.5. The van der Waals surface area contributed by atoms with Crippen molar-refractivity contribution in [2.75, 3.05) is 12.4 Å². The molecule has 0 unspecified atom stereocenters. The van der Waals surface area contributed by atoms with Gasteiger partial charge in [-0.05, 0) is 38.5 Å². The second kappa shape index (κ2) is 9.21. The molecule has 0 spiro atoms. The van der Waals surface area contributed by atoms with Gasteiger partial charge in [0, 0.05) is 24.4 Å². The summed E-state index contributed by atoms with van der Waals surface area (Å²) < 4.78 is 8.42. The predicted molar refractivity (Wildman–Crippen MR) is 114 cm³/mol. The van der Waals surface area contributed by atoms with Gasteiger partial charge in [-0.2, -0.15) is 10.2 Å². The van der Waals surface area contributed by atoms with E-state index >= 15 is 0 Å². The van der Waals surface area contributed by atoms with Crippen molar-refractivity contribution in [3.8, 4) is 0 Å². The molecule has 1 aromatic carbocycles. The van der Waals surface area contributed by atoms with E-state index < -0.39 is 5.97 Å². The van der Waals surface area contributed by atoms with Crippen molar-refractivity contribution in [1.29, 1.82) is 0 Å². The molecule has 1 N–H and O–H groups in total. The number of aryl methyl sites for hydroxylation is 2. The molecule has 0 saturated heterocycles. The first-order valence-corrected chi connectivity index (χ1v) is 9.64. The molecule has 0 aliphatic heterocycles. The second-order valence-corrected chi connectivity index (χ2v) is 6.80. The molecule has 156 valence electrons. The first kappa shape index (κ1) is 21.0. The summed E-state index contributed by atoms with van der Waals surface area (Å²) in [5.74, 6) is -0.642. The van der Waals surface area contributed by atoms with E-state index in [4.69, 9.17) is 4.74 Å². The number of carbonyl (C=O) groups is 2. The molecule has 0 saturated carbocycles. The molecular weight excluding hydrogens is 382 g/mol. The van der Waals surface area contributed by atoms with E-state index in [1.807, 2.05) is 39.1 Å². The van der Waals surface area contributed by atoms with Crippen LogP contribution in [0.2, 0.25) is 0 Å². The van der Waals surface area contributed by atoms with E-state index in [0.29, 0.717) is 23.5 Å². The minimum absolute atomic E-state index is 0.250. The van der Waals surface area contributed by atoms with Gasteiger partial charge < -0.3 is 10.1 Å². The number of methoxy groups -OCH3 is 1. The van der Waals surface area contributed by atoms with Crippen molar-refractivity contribution in [3.63, 3.8) is 0 Å². The number of nitrogens with one attached hydrogen (secondary N) is 1. The summed E-state index contributed by atoms with van der Waals surface area (Å²) in [7, 11) is 1.36. The topological polar surface area (TPSA) is 91.0 Å². The maximum absolute atomic E-state index is 12.4. The summed E-state index contributed by atoms with van der Waals surface area (Å²) in [5, 5.41) is 11.6. The maximum Gasteiger partial charge on any atom is 0.338 e. The van der Waals surface area contributed by atoms with Crippen molar-refractivity contribution in [3.05, 3.63) is 70.8 Å². The summed E-state index contributed by atoms with van der Waals surface area (Å²) in [4.78, 5) is 24.4. The van der Waals surface area contributed by atoms with Crippen LogP contribution in [-0.4, -0.2) is 38.5 Å². The van der Waals surface area contributed by atoms with Crippen LogP contribution in [0.1, 0.15) is 39.8 Å². The number of rotatable bonds is 7. The lowest BCUT2D eigenvalue weighted by molar-refractivity contribution is -0.111. The molecule has 30 heavy (non-hydrogen) atoms. The highest BCUT2D eigenvalue weighted by Crippen LogP contribution is 2.22. The molecule has 8 nitrogen and oxygen atoms in total. The summed E-state index contributed by atoms with van der Waals surface area (Å²) >= 11 is 0. The van der Waals surface area contributed by atoms with Crippen LogP contribution in [0.15, 0.2) is 42.7 Å². The highest BCUT2D eigenvalue weighted by Gasteiger charge is 2.16. The second-order valence-electron chi connectivity index (χ2n) is 6.80. The lowest BCUT2D eigenvalue weighted by Crippen LogP contribution is -2.12. The van der Waals surface area contributed by atoms with E-state index in [1.54, 1.807) is 33.8 Å². The Morgan fingerprint density at radius 3 is 2.70 bits per heavy atom. The zero-order chi connectivity index (χ0) is 21.7. The molecule has 0 atom stereocenters. The molecule has 2 heterocycles. The van der Waals surface area contributed by atoms with Crippen LogP contribution in [0.3, 0.4) is 0 Å². The van der Waals surface area contributed by atoms with E-state index in [9.17, 15) is 9.59 Å². The van der Waals surface area contributed by atoms with Crippen LogP contribution >= 0.6 is 0 Å². The third-order valence-corrected chi connectivity index (χ3v) is 4.78. The normalized spacial score (nSPS) is 11.1. The average Bonchev–Trinajstić information content (AvgIpc) is 3.32. The van der Waals surface area contributed by atoms with Crippen LogP contribution in [0.25, 0.3) is 6.08 Å². The van der Waals surface area contributed by atoms with Gasteiger partial charge in [-0.3, -0.25) is 14.2 Å². The number of ether oxygens (including phenoxy) is 1. The molecule has 3 rings (SSSR count). The van der Waals surface area contributed by atoms with Crippen LogP contribution < -0.4 is 5.32 Å². The molecule has 1 amide bonds. The number of nitrogens with zero attached hydrogens (tertiary/aromatic N) is 4. The highest BCUT2D eigenvalue weighted by molar-refractivity contribution is 6.02. The van der Waals surface area contributed by atoms with Crippen LogP contribution in [0.5, 0.6) is 0 Å². The monoisotopic (exact) mass is 407 g/mol. The van der Waals surface area contributed by atoms with Gasteiger partial charge in [-0.1, -0.05) is 18.2 Å². The quantitative estimate of drug-likeness (QED) is 0.480. The Hall–Kier alpha value is -3.68. The van der Waals surface area contributed by atoms with Crippen LogP contribution in [-0.2, 0) is 22.6 Å². The first-order valence-electron chi connectivity index (χ1n) is 9.64. The third kappa shape index (κ3) is 4.65. The number of hydrogen-bond donors (Lipinski definition) is 1. The van der Waals surface area contributed by atoms with Gasteiger partial charge in [0.1, 0.15) is 0 Å². The molecule has 0 radical (unpaired) electrons. The number of esters is 1. The van der Waals surface area contributed by atoms with Gasteiger partial charge in [-0.25, -0.2) is 4.79 Å². The van der Waals surface area contributed by atoms with Gasteiger partial charge in [0.15, 0.2) is 0 Å². The van der Waals surface area contributed by atoms with Gasteiger partial charge >= 0.3 is 5.97 Å². The number of amides is 1. The summed E-state index contributed by atoms with van der Waals surface area (Å²) in [5.41, 5.74) is 4.30. The Kier molecular flexibility index (Phi) is 6.46. The third-order valence-electron chi connectivity index (χ3n) is 4.78. The lowest BCUT2D eigenvalue weighted by atomic mass is 10.1. The summed E-state index contributed by atoms with van der Waals surface area (Å²) in [6.45, 7) is 6.88. The number of carbonyl (C=O) groups excluding carboxylic acids is 2. The summed E-state index contributed by atoms with van der Waals surface area (Å²) in [6, 6.07) is 7.24. The Morgan fingerprint density at radius 2 is 2.00 bits per heavy atom. The van der Waals surface area contributed by atoms with Crippen LogP contribution in [0.4, 0.5) is 5.69 Å². The first-order chi connectivity index (χ1) is 14.4. The molecule has 0 fully saturated rings. The van der Waals surface area contributed by atoms with Gasteiger partial charge in [-0.15, -0.1) is 0 Å². The van der Waals surface area contributed by atoms with Gasteiger partial charge in [0.25, 0.3) is 0 Å². The zero-order valence-corrected chi connectivity index (χ0v) is 17.5. The SMILES string of the molecule is CCn1cc(/C=C/C(=O)Nc2c(C)nn(Cc3ccccc3C(=O)OC)c2C)cn1. The number of hydrogen-bond acceptors (Lipinski definition) is 5. The van der Waals surface area contributed by atoms with Crippen molar-refractivity contribution in [1.82, 2.24) is 19.6 Å². The number of anilines is 1. The van der Waals surface area contributed by atoms with Crippen LogP contribution in [0, 0.1) is 13.8 Å². The molecule has 3 aromatic rings. The Labute approximate surface area is 175 Å². The molecule has 2 aromatic heterocycles. The number of aromatic nitrogens is 4. The van der Waals surface area contributed by atoms with Crippen molar-refractivity contribution >= 4 is 23.6 Å². The van der Waals surface area contributed by atoms with E-state index in [-0.39, 0.29) is 5.91 Å². The predicted octanol–water partition coefficient (Wildman–Crippen LogP) is 3.20. The van der Waals surface area contributed by atoms with Gasteiger partial charge in [0.2, 0.25) is 5.91 Å². The Bertz CT molecular complexity index is 1090. The molecular formula is C22H25N5O3.